The summed E-state index contributed by atoms with van der Waals surface area (Å²) >= 11 is 5.91. The van der Waals surface area contributed by atoms with Gasteiger partial charge in [0.25, 0.3) is 0 Å². The summed E-state index contributed by atoms with van der Waals surface area (Å²) in [6, 6.07) is 5.34. The number of hydrogen-bond acceptors (Lipinski definition) is 5. The molecule has 0 aliphatic carbocycles. The molecule has 0 aliphatic rings. The van der Waals surface area contributed by atoms with Crippen molar-refractivity contribution >= 4 is 17.3 Å². The van der Waals surface area contributed by atoms with Crippen LogP contribution in [0.1, 0.15) is 13.8 Å². The Morgan fingerprint density at radius 1 is 1.40 bits per heavy atom. The highest BCUT2D eigenvalue weighted by molar-refractivity contribution is 6.33. The monoisotopic (exact) mass is 295 g/mol. The third-order valence-electron chi connectivity index (χ3n) is 2.68. The summed E-state index contributed by atoms with van der Waals surface area (Å²) in [4.78, 5) is 0. The van der Waals surface area contributed by atoms with E-state index >= 15 is 0 Å². The molecular weight excluding hydrogens is 278 g/mol. The molecule has 0 bridgehead atoms. The number of nitrogens with zero attached hydrogens (tertiary/aromatic N) is 4. The zero-order valence-corrected chi connectivity index (χ0v) is 12.3. The van der Waals surface area contributed by atoms with E-state index in [2.05, 4.69) is 29.4 Å². The quantitative estimate of drug-likeness (QED) is 0.653. The van der Waals surface area contributed by atoms with Gasteiger partial charge in [-0.1, -0.05) is 25.4 Å². The van der Waals surface area contributed by atoms with Crippen molar-refractivity contribution in [2.24, 2.45) is 5.92 Å². The maximum atomic E-state index is 5.91. The summed E-state index contributed by atoms with van der Waals surface area (Å²) in [6.07, 6.45) is 0. The van der Waals surface area contributed by atoms with Crippen molar-refractivity contribution in [2.45, 2.75) is 20.4 Å². The molecule has 2 aromatic rings. The number of anilines is 1. The molecule has 0 amide bonds. The SMILES string of the molecule is CC(C)COCCn1nnnc1-c1ccc(Cl)c(N)c1. The minimum Gasteiger partial charge on any atom is -0.398 e. The van der Waals surface area contributed by atoms with Gasteiger partial charge in [0.15, 0.2) is 5.82 Å². The van der Waals surface area contributed by atoms with Gasteiger partial charge in [-0.2, -0.15) is 0 Å². The molecule has 0 aliphatic heterocycles. The van der Waals surface area contributed by atoms with E-state index in [0.29, 0.717) is 35.6 Å². The van der Waals surface area contributed by atoms with Crippen LogP contribution < -0.4 is 5.73 Å². The lowest BCUT2D eigenvalue weighted by atomic mass is 10.2. The number of halogens is 1. The van der Waals surface area contributed by atoms with Crippen molar-refractivity contribution in [3.63, 3.8) is 0 Å². The van der Waals surface area contributed by atoms with Crippen LogP contribution in [0.3, 0.4) is 0 Å². The van der Waals surface area contributed by atoms with Gasteiger partial charge in [0, 0.05) is 12.2 Å². The molecule has 6 nitrogen and oxygen atoms in total. The van der Waals surface area contributed by atoms with Crippen LogP contribution in [-0.2, 0) is 11.3 Å². The van der Waals surface area contributed by atoms with Crippen LogP contribution in [-0.4, -0.2) is 33.4 Å². The van der Waals surface area contributed by atoms with Crippen LogP contribution in [0.15, 0.2) is 18.2 Å². The van der Waals surface area contributed by atoms with Crippen LogP contribution in [0.4, 0.5) is 5.69 Å². The molecule has 0 radical (unpaired) electrons. The van der Waals surface area contributed by atoms with Crippen molar-refractivity contribution in [3.8, 4) is 11.4 Å². The predicted octanol–water partition coefficient (Wildman–Crippen LogP) is 2.25. The minimum atomic E-state index is 0.509. The van der Waals surface area contributed by atoms with Crippen molar-refractivity contribution in [1.82, 2.24) is 20.2 Å². The Balaban J connectivity index is 2.06. The lowest BCUT2D eigenvalue weighted by Gasteiger charge is -2.08. The molecule has 2 N–H and O–H groups in total. The number of nitrogens with two attached hydrogens (primary N) is 1. The van der Waals surface area contributed by atoms with Crippen LogP contribution in [0.2, 0.25) is 5.02 Å². The summed E-state index contributed by atoms with van der Waals surface area (Å²) in [5, 5.41) is 12.2. The van der Waals surface area contributed by atoms with E-state index in [1.54, 1.807) is 16.8 Å². The van der Waals surface area contributed by atoms with Gasteiger partial charge in [0.1, 0.15) is 0 Å². The van der Waals surface area contributed by atoms with Gasteiger partial charge >= 0.3 is 0 Å². The van der Waals surface area contributed by atoms with Gasteiger partial charge in [-0.15, -0.1) is 5.10 Å². The number of aromatic nitrogens is 4. The number of hydrogen-bond donors (Lipinski definition) is 1. The van der Waals surface area contributed by atoms with E-state index in [4.69, 9.17) is 22.1 Å². The van der Waals surface area contributed by atoms with Crippen LogP contribution >= 0.6 is 11.6 Å². The molecule has 20 heavy (non-hydrogen) atoms. The lowest BCUT2D eigenvalue weighted by Crippen LogP contribution is -2.11. The number of benzene rings is 1. The van der Waals surface area contributed by atoms with Crippen molar-refractivity contribution < 1.29 is 4.74 Å². The lowest BCUT2D eigenvalue weighted by molar-refractivity contribution is 0.101. The molecule has 0 fully saturated rings. The van der Waals surface area contributed by atoms with E-state index in [-0.39, 0.29) is 0 Å². The highest BCUT2D eigenvalue weighted by Gasteiger charge is 2.10. The second kappa shape index (κ2) is 6.67. The summed E-state index contributed by atoms with van der Waals surface area (Å²) in [5.41, 5.74) is 7.14. The fraction of sp³-hybridized carbons (Fsp3) is 0.462. The second-order valence-corrected chi connectivity index (χ2v) is 5.34. The van der Waals surface area contributed by atoms with E-state index in [0.717, 1.165) is 12.2 Å². The first-order valence-corrected chi connectivity index (χ1v) is 6.85. The van der Waals surface area contributed by atoms with Crippen LogP contribution in [0.5, 0.6) is 0 Å². The average Bonchev–Trinajstić information content (AvgIpc) is 2.86. The molecule has 1 aromatic carbocycles. The second-order valence-electron chi connectivity index (χ2n) is 4.93. The zero-order chi connectivity index (χ0) is 14.5. The van der Waals surface area contributed by atoms with Crippen molar-refractivity contribution in [3.05, 3.63) is 23.2 Å². The van der Waals surface area contributed by atoms with Crippen molar-refractivity contribution in [1.29, 1.82) is 0 Å². The Kier molecular flexibility index (Phi) is 4.92. The Morgan fingerprint density at radius 3 is 2.90 bits per heavy atom. The van der Waals surface area contributed by atoms with Gasteiger partial charge in [0.05, 0.1) is 23.9 Å². The first-order chi connectivity index (χ1) is 9.58. The van der Waals surface area contributed by atoms with E-state index in [1.807, 2.05) is 6.07 Å². The van der Waals surface area contributed by atoms with Crippen LogP contribution in [0.25, 0.3) is 11.4 Å². The Labute approximate surface area is 122 Å². The smallest absolute Gasteiger partial charge is 0.182 e. The van der Waals surface area contributed by atoms with Gasteiger partial charge in [-0.3, -0.25) is 0 Å². The summed E-state index contributed by atoms with van der Waals surface area (Å²) in [7, 11) is 0. The number of rotatable bonds is 6. The number of tetrazole rings is 1. The Hall–Kier alpha value is -1.66. The molecule has 0 saturated carbocycles. The molecule has 7 heteroatoms. The number of nitrogen functional groups attached to an aromatic ring is 1. The van der Waals surface area contributed by atoms with Gasteiger partial charge in [-0.25, -0.2) is 4.68 Å². The predicted molar refractivity (Wildman–Crippen MR) is 78.3 cm³/mol. The van der Waals surface area contributed by atoms with Gasteiger partial charge in [0.2, 0.25) is 0 Å². The summed E-state index contributed by atoms with van der Waals surface area (Å²) in [6.45, 7) is 6.11. The summed E-state index contributed by atoms with van der Waals surface area (Å²) < 4.78 is 7.24. The van der Waals surface area contributed by atoms with Gasteiger partial charge in [-0.05, 0) is 34.5 Å². The Morgan fingerprint density at radius 2 is 2.20 bits per heavy atom. The normalized spacial score (nSPS) is 11.2. The largest absolute Gasteiger partial charge is 0.398 e. The maximum Gasteiger partial charge on any atom is 0.182 e. The molecule has 0 spiro atoms. The standard InChI is InChI=1S/C13H18ClN5O/c1-9(2)8-20-6-5-19-13(16-17-18-19)10-3-4-11(14)12(15)7-10/h3-4,7,9H,5-6,8,15H2,1-2H3. The molecule has 0 unspecified atom stereocenters. The minimum absolute atomic E-state index is 0.509. The molecule has 0 saturated heterocycles. The average molecular weight is 296 g/mol. The molecule has 2 rings (SSSR count). The molecule has 0 atom stereocenters. The molecule has 1 aromatic heterocycles. The third kappa shape index (κ3) is 3.68. The fourth-order valence-electron chi connectivity index (χ4n) is 1.71. The zero-order valence-electron chi connectivity index (χ0n) is 11.6. The maximum absolute atomic E-state index is 5.91. The Bertz CT molecular complexity index is 570. The van der Waals surface area contributed by atoms with Crippen molar-refractivity contribution in [2.75, 3.05) is 18.9 Å². The van der Waals surface area contributed by atoms with E-state index in [1.165, 1.54) is 0 Å². The topological polar surface area (TPSA) is 78.8 Å². The summed E-state index contributed by atoms with van der Waals surface area (Å²) in [5.74, 6) is 1.17. The van der Waals surface area contributed by atoms with E-state index < -0.39 is 0 Å². The third-order valence-corrected chi connectivity index (χ3v) is 3.03. The fourth-order valence-corrected chi connectivity index (χ4v) is 1.83. The first kappa shape index (κ1) is 14.7. The molecular formula is C13H18ClN5O. The van der Waals surface area contributed by atoms with E-state index in [9.17, 15) is 0 Å². The van der Waals surface area contributed by atoms with Gasteiger partial charge < -0.3 is 10.5 Å². The van der Waals surface area contributed by atoms with Crippen LogP contribution in [0, 0.1) is 5.92 Å². The molecule has 108 valence electrons. The number of ether oxygens (including phenoxy) is 1. The first-order valence-electron chi connectivity index (χ1n) is 6.47. The molecule has 1 heterocycles. The highest BCUT2D eigenvalue weighted by atomic mass is 35.5. The highest BCUT2D eigenvalue weighted by Crippen LogP contribution is 2.24.